The smallest absolute Gasteiger partial charge is 0.344 e. The Morgan fingerprint density at radius 1 is 1.29 bits per heavy atom. The number of hydrogen-bond acceptors (Lipinski definition) is 8. The number of carbonyl (C=O) groups is 4. The van der Waals surface area contributed by atoms with Crippen LogP contribution in [0.5, 0.6) is 0 Å². The van der Waals surface area contributed by atoms with E-state index in [1.165, 1.54) is 17.0 Å². The van der Waals surface area contributed by atoms with Crippen LogP contribution in [0.4, 0.5) is 4.79 Å². The Kier molecular flexibility index (Phi) is 5.29. The normalized spacial score (nSPS) is 23.3. The maximum atomic E-state index is 12.8. The predicted octanol–water partition coefficient (Wildman–Crippen LogP) is 0.375. The van der Waals surface area contributed by atoms with Gasteiger partial charge in [0.05, 0.1) is 11.3 Å². The van der Waals surface area contributed by atoms with Gasteiger partial charge in [-0.25, -0.2) is 19.1 Å². The first-order chi connectivity index (χ1) is 14.8. The topological polar surface area (TPSA) is 148 Å². The summed E-state index contributed by atoms with van der Waals surface area (Å²) in [6, 6.07) is -0.687. The number of amides is 4. The summed E-state index contributed by atoms with van der Waals surface area (Å²) in [4.78, 5) is 57.8. The number of nitrogens with one attached hydrogen (secondary N) is 2. The molecule has 1 spiro atoms. The van der Waals surface area contributed by atoms with E-state index in [0.717, 1.165) is 12.8 Å². The lowest BCUT2D eigenvalue weighted by atomic mass is 9.77. The molecule has 12 nitrogen and oxygen atoms in total. The van der Waals surface area contributed by atoms with Gasteiger partial charge in [0, 0.05) is 6.20 Å². The summed E-state index contributed by atoms with van der Waals surface area (Å²) < 4.78 is 6.49. The van der Waals surface area contributed by atoms with Crippen LogP contribution in [0.25, 0.3) is 5.78 Å². The highest BCUT2D eigenvalue weighted by molar-refractivity contribution is 6.08. The lowest BCUT2D eigenvalue weighted by Crippen LogP contribution is -2.52. The molecule has 0 aromatic carbocycles. The number of esters is 1. The maximum absolute atomic E-state index is 12.8. The molecule has 164 valence electrons. The number of carbonyl (C=O) groups excluding carboxylic acids is 4. The van der Waals surface area contributed by atoms with Crippen molar-refractivity contribution in [3.8, 4) is 0 Å². The zero-order valence-electron chi connectivity index (χ0n) is 17.3. The molecule has 0 radical (unpaired) electrons. The molecule has 2 N–H and O–H groups in total. The molecule has 12 heteroatoms. The monoisotopic (exact) mass is 429 g/mol. The van der Waals surface area contributed by atoms with Gasteiger partial charge in [-0.1, -0.05) is 13.8 Å². The van der Waals surface area contributed by atoms with Crippen molar-refractivity contribution in [3.05, 3.63) is 23.8 Å². The lowest BCUT2D eigenvalue weighted by Gasteiger charge is -2.33. The molecule has 2 aliphatic rings. The quantitative estimate of drug-likeness (QED) is 0.512. The second-order valence-electron chi connectivity index (χ2n) is 7.89. The lowest BCUT2D eigenvalue weighted by molar-refractivity contribution is -0.141. The molecule has 0 unspecified atom stereocenters. The van der Waals surface area contributed by atoms with E-state index < -0.39 is 36.0 Å². The third-order valence-electron chi connectivity index (χ3n) is 5.82. The Bertz CT molecular complexity index is 1060. The minimum absolute atomic E-state index is 0.151. The fourth-order valence-electron chi connectivity index (χ4n) is 4.02. The van der Waals surface area contributed by atoms with Crippen molar-refractivity contribution in [2.75, 3.05) is 6.61 Å². The van der Waals surface area contributed by atoms with E-state index in [2.05, 4.69) is 32.7 Å². The molecule has 3 heterocycles. The predicted molar refractivity (Wildman–Crippen MR) is 104 cm³/mol. The highest BCUT2D eigenvalue weighted by Crippen LogP contribution is 2.35. The zero-order valence-corrected chi connectivity index (χ0v) is 17.3. The molecule has 1 aliphatic heterocycles. The van der Waals surface area contributed by atoms with E-state index in [1.54, 1.807) is 0 Å². The average molecular weight is 429 g/mol. The summed E-state index contributed by atoms with van der Waals surface area (Å²) >= 11 is 0. The number of ether oxygens (including phenoxy) is 1. The number of imide groups is 1. The van der Waals surface area contributed by atoms with Gasteiger partial charge in [-0.15, -0.1) is 0 Å². The molecular formula is C19H23N7O5. The minimum Gasteiger partial charge on any atom is -0.452 e. The van der Waals surface area contributed by atoms with Gasteiger partial charge in [-0.05, 0) is 38.0 Å². The van der Waals surface area contributed by atoms with Crippen molar-refractivity contribution in [2.45, 2.75) is 51.5 Å². The SMILES string of the molecule is CCc1c(C(=O)OCC(=O)NN2C(=O)NC3(CCC(C)CC3)C2=O)cnc2ncnn12. The van der Waals surface area contributed by atoms with Gasteiger partial charge in [0.25, 0.3) is 17.6 Å². The van der Waals surface area contributed by atoms with Crippen molar-refractivity contribution >= 4 is 29.6 Å². The third-order valence-corrected chi connectivity index (χ3v) is 5.82. The van der Waals surface area contributed by atoms with Gasteiger partial charge < -0.3 is 10.1 Å². The first-order valence-corrected chi connectivity index (χ1v) is 10.2. The van der Waals surface area contributed by atoms with E-state index in [4.69, 9.17) is 4.74 Å². The zero-order chi connectivity index (χ0) is 22.2. The van der Waals surface area contributed by atoms with E-state index in [1.807, 2.05) is 6.92 Å². The van der Waals surface area contributed by atoms with Crippen molar-refractivity contribution in [1.82, 2.24) is 35.3 Å². The maximum Gasteiger partial charge on any atom is 0.344 e. The molecule has 4 amide bonds. The molecule has 31 heavy (non-hydrogen) atoms. The first-order valence-electron chi connectivity index (χ1n) is 10.2. The summed E-state index contributed by atoms with van der Waals surface area (Å²) in [5, 5.41) is 7.41. The summed E-state index contributed by atoms with van der Waals surface area (Å²) in [5.74, 6) is -1.23. The Balaban J connectivity index is 1.38. The standard InChI is InChI=1S/C19H23N7O5/c1-3-13-12(8-20-17-21-10-22-25(13)17)15(28)31-9-14(27)24-26-16(29)19(23-18(26)30)6-4-11(2)5-7-19/h8,10-11H,3-7,9H2,1-2H3,(H,23,30)(H,24,27). The molecule has 0 atom stereocenters. The molecule has 2 fully saturated rings. The van der Waals surface area contributed by atoms with Crippen molar-refractivity contribution < 1.29 is 23.9 Å². The largest absolute Gasteiger partial charge is 0.452 e. The van der Waals surface area contributed by atoms with Crippen LogP contribution in [-0.4, -0.2) is 60.6 Å². The number of rotatable bonds is 5. The first kappa shape index (κ1) is 20.7. The molecule has 0 bridgehead atoms. The molecule has 1 saturated carbocycles. The van der Waals surface area contributed by atoms with Crippen LogP contribution in [0.15, 0.2) is 12.5 Å². The molecule has 1 aliphatic carbocycles. The van der Waals surface area contributed by atoms with E-state index >= 15 is 0 Å². The number of hydrazine groups is 1. The number of aryl methyl sites for hydroxylation is 1. The molecular weight excluding hydrogens is 406 g/mol. The minimum atomic E-state index is -0.970. The second-order valence-corrected chi connectivity index (χ2v) is 7.89. The van der Waals surface area contributed by atoms with Crippen LogP contribution in [0.3, 0.4) is 0 Å². The van der Waals surface area contributed by atoms with Crippen molar-refractivity contribution in [3.63, 3.8) is 0 Å². The van der Waals surface area contributed by atoms with Gasteiger partial charge in [0.15, 0.2) is 6.61 Å². The van der Waals surface area contributed by atoms with Crippen LogP contribution in [-0.2, 0) is 20.7 Å². The molecule has 1 saturated heterocycles. The van der Waals surface area contributed by atoms with Gasteiger partial charge >= 0.3 is 12.0 Å². The Labute approximate surface area is 177 Å². The Morgan fingerprint density at radius 3 is 2.74 bits per heavy atom. The summed E-state index contributed by atoms with van der Waals surface area (Å²) in [6.07, 6.45) is 5.78. The van der Waals surface area contributed by atoms with Crippen molar-refractivity contribution in [1.29, 1.82) is 0 Å². The molecule has 2 aromatic rings. The van der Waals surface area contributed by atoms with Crippen LogP contribution in [0.1, 0.15) is 55.6 Å². The van der Waals surface area contributed by atoms with Gasteiger partial charge in [0.1, 0.15) is 11.9 Å². The highest BCUT2D eigenvalue weighted by Gasteiger charge is 2.52. The number of nitrogens with zero attached hydrogens (tertiary/aromatic N) is 5. The summed E-state index contributed by atoms with van der Waals surface area (Å²) in [5.41, 5.74) is 1.95. The second kappa shape index (κ2) is 7.93. The molecule has 4 rings (SSSR count). The molecule has 2 aromatic heterocycles. The Morgan fingerprint density at radius 2 is 2.03 bits per heavy atom. The Hall–Kier alpha value is -3.57. The van der Waals surface area contributed by atoms with Crippen LogP contribution in [0.2, 0.25) is 0 Å². The summed E-state index contributed by atoms with van der Waals surface area (Å²) in [6.45, 7) is 3.26. The number of aromatic nitrogens is 4. The van der Waals surface area contributed by atoms with Crippen LogP contribution < -0.4 is 10.7 Å². The fourth-order valence-corrected chi connectivity index (χ4v) is 4.02. The van der Waals surface area contributed by atoms with Gasteiger partial charge in [-0.2, -0.15) is 15.1 Å². The van der Waals surface area contributed by atoms with E-state index in [-0.39, 0.29) is 5.56 Å². The fraction of sp³-hybridized carbons (Fsp3) is 0.526. The van der Waals surface area contributed by atoms with Crippen LogP contribution >= 0.6 is 0 Å². The number of hydrogen-bond donors (Lipinski definition) is 2. The van der Waals surface area contributed by atoms with Gasteiger partial charge in [0.2, 0.25) is 0 Å². The highest BCUT2D eigenvalue weighted by atomic mass is 16.5. The average Bonchev–Trinajstić information content (AvgIpc) is 3.32. The third kappa shape index (κ3) is 3.68. The van der Waals surface area contributed by atoms with E-state index in [9.17, 15) is 19.2 Å². The van der Waals surface area contributed by atoms with Crippen LogP contribution in [0, 0.1) is 5.92 Å². The summed E-state index contributed by atoms with van der Waals surface area (Å²) in [7, 11) is 0. The van der Waals surface area contributed by atoms with Gasteiger partial charge in [-0.3, -0.25) is 15.0 Å². The number of fused-ring (bicyclic) bond motifs is 1. The number of urea groups is 1. The van der Waals surface area contributed by atoms with E-state index in [0.29, 0.717) is 41.7 Å². The van der Waals surface area contributed by atoms with Crippen molar-refractivity contribution in [2.24, 2.45) is 5.92 Å².